The van der Waals surface area contributed by atoms with Gasteiger partial charge in [0.15, 0.2) is 0 Å². The van der Waals surface area contributed by atoms with Crippen LogP contribution in [-0.2, 0) is 22.6 Å². The first-order valence-electron chi connectivity index (χ1n) is 13.7. The van der Waals surface area contributed by atoms with Crippen molar-refractivity contribution in [1.82, 2.24) is 24.7 Å². The number of thiazole rings is 1. The van der Waals surface area contributed by atoms with E-state index in [1.54, 1.807) is 0 Å². The first kappa shape index (κ1) is 23.7. The monoisotopic (exact) mass is 520 g/mol. The number of hydrogen-bond acceptors (Lipinski definition) is 8. The van der Waals surface area contributed by atoms with Crippen molar-refractivity contribution in [2.24, 2.45) is 0 Å². The Morgan fingerprint density at radius 2 is 1.73 bits per heavy atom. The van der Waals surface area contributed by atoms with Crippen LogP contribution in [0.3, 0.4) is 0 Å². The lowest BCUT2D eigenvalue weighted by Crippen LogP contribution is -2.48. The van der Waals surface area contributed by atoms with Gasteiger partial charge in [-0.2, -0.15) is 0 Å². The Morgan fingerprint density at radius 1 is 0.946 bits per heavy atom. The summed E-state index contributed by atoms with van der Waals surface area (Å²) in [6, 6.07) is 9.39. The molecule has 0 radical (unpaired) electrons. The van der Waals surface area contributed by atoms with Gasteiger partial charge in [-0.05, 0) is 31.0 Å². The average Bonchev–Trinajstić information content (AvgIpc) is 3.60. The van der Waals surface area contributed by atoms with Gasteiger partial charge < -0.3 is 24.3 Å². The molecule has 0 amide bonds. The Balaban J connectivity index is 1.11. The number of rotatable bonds is 5. The molecule has 7 rings (SSSR count). The molecule has 0 bridgehead atoms. The third kappa shape index (κ3) is 4.79. The van der Waals surface area contributed by atoms with Crippen molar-refractivity contribution in [2.45, 2.75) is 32.0 Å². The van der Waals surface area contributed by atoms with E-state index in [0.29, 0.717) is 6.04 Å². The summed E-state index contributed by atoms with van der Waals surface area (Å²) in [5.41, 5.74) is 4.91. The van der Waals surface area contributed by atoms with Gasteiger partial charge >= 0.3 is 0 Å². The van der Waals surface area contributed by atoms with Gasteiger partial charge in [0.1, 0.15) is 5.01 Å². The number of nitrogens with zero attached hydrogens (tertiary/aromatic N) is 5. The van der Waals surface area contributed by atoms with Crippen LogP contribution in [0.1, 0.15) is 28.4 Å². The van der Waals surface area contributed by atoms with Crippen LogP contribution in [0, 0.1) is 0 Å². The molecule has 0 saturated carbocycles. The number of piperidine rings is 1. The molecule has 3 fully saturated rings. The number of likely N-dealkylation sites (tertiary alicyclic amines) is 1. The average molecular weight is 521 g/mol. The Labute approximate surface area is 222 Å². The first-order valence-corrected chi connectivity index (χ1v) is 14.5. The smallest absolute Gasteiger partial charge is 0.108 e. The van der Waals surface area contributed by atoms with Crippen LogP contribution >= 0.6 is 11.3 Å². The standard InChI is InChI=1S/C28H36N6O2S/c1-2-23-22(4-7-29-23)25(3-1)34-18-24-28(26(19-34)33-12-16-36-17-13-33)37-27(30-24)20-31-8-5-21(6-9-31)32-10-14-35-15-11-32/h1-4,7,19,21,29H,5-6,8-18,20H2. The molecule has 196 valence electrons. The van der Waals surface area contributed by atoms with Gasteiger partial charge in [-0.25, -0.2) is 4.98 Å². The number of nitrogens with one attached hydrogen (secondary N) is 1. The lowest BCUT2D eigenvalue weighted by Gasteiger charge is -2.39. The zero-order valence-electron chi connectivity index (χ0n) is 21.4. The number of morpholine rings is 2. The number of fused-ring (bicyclic) bond motifs is 2. The summed E-state index contributed by atoms with van der Waals surface area (Å²) in [6.07, 6.45) is 6.88. The van der Waals surface area contributed by atoms with Gasteiger partial charge in [-0.1, -0.05) is 6.07 Å². The highest BCUT2D eigenvalue weighted by Gasteiger charge is 2.30. The molecular weight excluding hydrogens is 484 g/mol. The molecule has 0 atom stereocenters. The summed E-state index contributed by atoms with van der Waals surface area (Å²) in [5.74, 6) is 0. The van der Waals surface area contributed by atoms with Crippen molar-refractivity contribution in [1.29, 1.82) is 0 Å². The van der Waals surface area contributed by atoms with Gasteiger partial charge in [0, 0.05) is 68.6 Å². The highest BCUT2D eigenvalue weighted by atomic mass is 32.1. The van der Waals surface area contributed by atoms with E-state index in [-0.39, 0.29) is 0 Å². The van der Waals surface area contributed by atoms with E-state index in [9.17, 15) is 0 Å². The maximum atomic E-state index is 5.68. The largest absolute Gasteiger partial charge is 0.379 e. The normalized spacial score (nSPS) is 22.4. The minimum Gasteiger partial charge on any atom is -0.379 e. The van der Waals surface area contributed by atoms with E-state index in [0.717, 1.165) is 78.8 Å². The van der Waals surface area contributed by atoms with Gasteiger partial charge in [-0.3, -0.25) is 9.80 Å². The number of hydrogen-bond donors (Lipinski definition) is 1. The quantitative estimate of drug-likeness (QED) is 0.552. The number of ether oxygens (including phenoxy) is 2. The molecule has 1 aromatic carbocycles. The molecule has 3 saturated heterocycles. The van der Waals surface area contributed by atoms with Crippen molar-refractivity contribution < 1.29 is 9.47 Å². The fourth-order valence-corrected chi connectivity index (χ4v) is 7.42. The van der Waals surface area contributed by atoms with Crippen LogP contribution in [0.15, 0.2) is 36.7 Å². The SMILES string of the molecule is C1=C(N2CCOCC2)c2sc(CN3CCC(N4CCOCC4)CC3)nc2CN1c1cccc2[nH]ccc12. The summed E-state index contributed by atoms with van der Waals surface area (Å²) < 4.78 is 11.2. The highest BCUT2D eigenvalue weighted by Crippen LogP contribution is 2.38. The van der Waals surface area contributed by atoms with Crippen LogP contribution in [-0.4, -0.2) is 96.4 Å². The van der Waals surface area contributed by atoms with Crippen LogP contribution in [0.4, 0.5) is 5.69 Å². The van der Waals surface area contributed by atoms with Crippen molar-refractivity contribution in [3.63, 3.8) is 0 Å². The second kappa shape index (κ2) is 10.4. The molecule has 0 spiro atoms. The molecule has 0 unspecified atom stereocenters. The van der Waals surface area contributed by atoms with E-state index < -0.39 is 0 Å². The molecule has 37 heavy (non-hydrogen) atoms. The van der Waals surface area contributed by atoms with Crippen LogP contribution in [0.25, 0.3) is 16.6 Å². The van der Waals surface area contributed by atoms with Crippen LogP contribution in [0.5, 0.6) is 0 Å². The number of benzene rings is 1. The summed E-state index contributed by atoms with van der Waals surface area (Å²) in [6.45, 7) is 11.4. The van der Waals surface area contributed by atoms with E-state index in [1.165, 1.54) is 50.7 Å². The molecule has 6 heterocycles. The Bertz CT molecular complexity index is 1250. The summed E-state index contributed by atoms with van der Waals surface area (Å²) in [5, 5.41) is 2.50. The number of H-pyrrole nitrogens is 1. The van der Waals surface area contributed by atoms with Crippen LogP contribution < -0.4 is 4.90 Å². The molecule has 8 nitrogen and oxygen atoms in total. The van der Waals surface area contributed by atoms with Crippen LogP contribution in [0.2, 0.25) is 0 Å². The van der Waals surface area contributed by atoms with E-state index in [2.05, 4.69) is 55.0 Å². The third-order valence-corrected chi connectivity index (χ3v) is 9.39. The zero-order chi connectivity index (χ0) is 24.6. The summed E-state index contributed by atoms with van der Waals surface area (Å²) in [7, 11) is 0. The maximum absolute atomic E-state index is 5.68. The highest BCUT2D eigenvalue weighted by molar-refractivity contribution is 7.12. The van der Waals surface area contributed by atoms with E-state index >= 15 is 0 Å². The molecule has 4 aliphatic rings. The van der Waals surface area contributed by atoms with Crippen molar-refractivity contribution in [3.05, 3.63) is 52.2 Å². The molecule has 2 aromatic heterocycles. The predicted octanol–water partition coefficient (Wildman–Crippen LogP) is 3.57. The maximum Gasteiger partial charge on any atom is 0.108 e. The Morgan fingerprint density at radius 3 is 2.54 bits per heavy atom. The van der Waals surface area contributed by atoms with Gasteiger partial charge in [0.25, 0.3) is 0 Å². The fraction of sp³-hybridized carbons (Fsp3) is 0.536. The number of anilines is 1. The predicted molar refractivity (Wildman–Crippen MR) is 148 cm³/mol. The topological polar surface area (TPSA) is 60.1 Å². The molecule has 0 aliphatic carbocycles. The lowest BCUT2D eigenvalue weighted by molar-refractivity contribution is 0.000224. The molecule has 1 N–H and O–H groups in total. The fourth-order valence-electron chi connectivity index (χ4n) is 6.27. The third-order valence-electron chi connectivity index (χ3n) is 8.28. The second-order valence-electron chi connectivity index (χ2n) is 10.5. The minimum atomic E-state index is 0.713. The van der Waals surface area contributed by atoms with Crippen molar-refractivity contribution in [2.75, 3.05) is 70.6 Å². The number of aromatic amines is 1. The van der Waals surface area contributed by atoms with E-state index in [1.807, 2.05) is 17.5 Å². The molecule has 3 aromatic rings. The Kier molecular flexibility index (Phi) is 6.64. The summed E-state index contributed by atoms with van der Waals surface area (Å²) in [4.78, 5) is 20.1. The summed E-state index contributed by atoms with van der Waals surface area (Å²) >= 11 is 1.90. The molecular formula is C28H36N6O2S. The van der Waals surface area contributed by atoms with E-state index in [4.69, 9.17) is 14.5 Å². The zero-order valence-corrected chi connectivity index (χ0v) is 22.2. The molecule has 4 aliphatic heterocycles. The molecule has 9 heteroatoms. The van der Waals surface area contributed by atoms with Gasteiger partial charge in [0.2, 0.25) is 0 Å². The second-order valence-corrected chi connectivity index (χ2v) is 11.6. The first-order chi connectivity index (χ1) is 18.3. The van der Waals surface area contributed by atoms with Gasteiger partial charge in [0.05, 0.1) is 61.5 Å². The minimum absolute atomic E-state index is 0.713. The number of aromatic nitrogens is 2. The Hall–Kier alpha value is -2.43. The van der Waals surface area contributed by atoms with Crippen molar-refractivity contribution in [3.8, 4) is 0 Å². The van der Waals surface area contributed by atoms with Gasteiger partial charge in [-0.15, -0.1) is 11.3 Å². The van der Waals surface area contributed by atoms with Crippen molar-refractivity contribution >= 4 is 33.6 Å². The lowest BCUT2D eigenvalue weighted by atomic mass is 10.0.